The Hall–Kier alpha value is -2.26. The van der Waals surface area contributed by atoms with Crippen molar-refractivity contribution >= 4 is 0 Å². The van der Waals surface area contributed by atoms with Crippen LogP contribution >= 0.6 is 0 Å². The molecule has 3 nitrogen and oxygen atoms in total. The molecule has 0 amide bonds. The van der Waals surface area contributed by atoms with E-state index in [9.17, 15) is 0 Å². The fourth-order valence-corrected chi connectivity index (χ4v) is 2.76. The largest absolute Gasteiger partial charge is 0.469 e. The topological polar surface area (TPSA) is 42.9 Å². The molecule has 0 aliphatic heterocycles. The number of furan rings is 2. The van der Waals surface area contributed by atoms with Gasteiger partial charge in [-0.25, -0.2) is 0 Å². The van der Waals surface area contributed by atoms with E-state index in [1.165, 1.54) is 5.56 Å². The van der Waals surface area contributed by atoms with E-state index in [0.717, 1.165) is 37.5 Å². The zero-order chi connectivity index (χ0) is 15.0. The van der Waals surface area contributed by atoms with Gasteiger partial charge >= 0.3 is 0 Å². The van der Waals surface area contributed by atoms with Crippen molar-refractivity contribution in [3.05, 3.63) is 84.2 Å². The molecule has 0 aliphatic rings. The van der Waals surface area contributed by atoms with Crippen LogP contribution in [0.5, 0.6) is 0 Å². The van der Waals surface area contributed by atoms with Crippen LogP contribution in [-0.4, -0.2) is 6.54 Å². The first-order chi connectivity index (χ1) is 10.9. The van der Waals surface area contributed by atoms with E-state index in [0.29, 0.717) is 5.92 Å². The molecular formula is C19H22NO2+. The highest BCUT2D eigenvalue weighted by Crippen LogP contribution is 2.24. The van der Waals surface area contributed by atoms with Crippen molar-refractivity contribution in [1.82, 2.24) is 0 Å². The van der Waals surface area contributed by atoms with Gasteiger partial charge in [0, 0.05) is 12.3 Å². The molecule has 1 aromatic carbocycles. The molecule has 114 valence electrons. The van der Waals surface area contributed by atoms with E-state index in [1.54, 1.807) is 12.5 Å². The zero-order valence-electron chi connectivity index (χ0n) is 12.7. The monoisotopic (exact) mass is 296 g/mol. The SMILES string of the molecule is c1ccc(C[C@@H](CC[NH2+]Cc2ccco2)c2ccco2)cc1. The Bertz CT molecular complexity index is 629. The van der Waals surface area contributed by atoms with Gasteiger partial charge < -0.3 is 14.2 Å². The first kappa shape index (κ1) is 14.7. The van der Waals surface area contributed by atoms with Gasteiger partial charge in [0.05, 0.1) is 19.1 Å². The fourth-order valence-electron chi connectivity index (χ4n) is 2.76. The molecule has 0 saturated carbocycles. The lowest BCUT2D eigenvalue weighted by Gasteiger charge is -2.14. The molecule has 3 rings (SSSR count). The second kappa shape index (κ2) is 7.66. The van der Waals surface area contributed by atoms with E-state index < -0.39 is 0 Å². The summed E-state index contributed by atoms with van der Waals surface area (Å²) in [6, 6.07) is 18.6. The Balaban J connectivity index is 1.55. The summed E-state index contributed by atoms with van der Waals surface area (Å²) in [4.78, 5) is 0. The highest BCUT2D eigenvalue weighted by molar-refractivity contribution is 5.18. The van der Waals surface area contributed by atoms with Gasteiger partial charge in [-0.2, -0.15) is 0 Å². The lowest BCUT2D eigenvalue weighted by atomic mass is 9.94. The van der Waals surface area contributed by atoms with Crippen LogP contribution in [0.1, 0.15) is 29.4 Å². The molecule has 0 spiro atoms. The third-order valence-corrected chi connectivity index (χ3v) is 3.92. The van der Waals surface area contributed by atoms with Gasteiger partial charge in [0.15, 0.2) is 5.76 Å². The average Bonchev–Trinajstić information content (AvgIpc) is 3.24. The van der Waals surface area contributed by atoms with Gasteiger partial charge in [-0.15, -0.1) is 0 Å². The summed E-state index contributed by atoms with van der Waals surface area (Å²) >= 11 is 0. The quantitative estimate of drug-likeness (QED) is 0.648. The van der Waals surface area contributed by atoms with Gasteiger partial charge in [0.2, 0.25) is 0 Å². The van der Waals surface area contributed by atoms with Gasteiger partial charge in [-0.05, 0) is 36.2 Å². The normalized spacial score (nSPS) is 12.4. The molecule has 2 aromatic heterocycles. The van der Waals surface area contributed by atoms with Crippen LogP contribution in [0.3, 0.4) is 0 Å². The zero-order valence-corrected chi connectivity index (χ0v) is 12.7. The van der Waals surface area contributed by atoms with Crippen molar-refractivity contribution in [3.63, 3.8) is 0 Å². The predicted molar refractivity (Wildman–Crippen MR) is 85.4 cm³/mol. The molecule has 3 aromatic rings. The molecular weight excluding hydrogens is 274 g/mol. The summed E-state index contributed by atoms with van der Waals surface area (Å²) < 4.78 is 11.0. The highest BCUT2D eigenvalue weighted by Gasteiger charge is 2.16. The van der Waals surface area contributed by atoms with Crippen LogP contribution in [0.4, 0.5) is 0 Å². The number of quaternary nitrogens is 1. The van der Waals surface area contributed by atoms with Crippen molar-refractivity contribution in [2.75, 3.05) is 6.54 Å². The minimum absolute atomic E-state index is 0.422. The smallest absolute Gasteiger partial charge is 0.157 e. The molecule has 1 atom stereocenters. The Morgan fingerprint density at radius 2 is 1.68 bits per heavy atom. The molecule has 0 saturated heterocycles. The molecule has 2 heterocycles. The molecule has 3 heteroatoms. The van der Waals surface area contributed by atoms with Crippen LogP contribution < -0.4 is 5.32 Å². The Morgan fingerprint density at radius 1 is 0.864 bits per heavy atom. The third-order valence-electron chi connectivity index (χ3n) is 3.92. The van der Waals surface area contributed by atoms with Gasteiger partial charge in [0.25, 0.3) is 0 Å². The van der Waals surface area contributed by atoms with Gasteiger partial charge in [-0.1, -0.05) is 30.3 Å². The number of hydrogen-bond donors (Lipinski definition) is 1. The standard InChI is InChI=1S/C19H21NO2/c1-2-6-16(7-3-1)14-17(19-9-5-13-22-19)10-11-20-15-18-8-4-12-21-18/h1-9,12-13,17,20H,10-11,14-15H2/p+1/t17-/m1/s1. The second-order valence-electron chi connectivity index (χ2n) is 5.55. The van der Waals surface area contributed by atoms with E-state index >= 15 is 0 Å². The number of benzene rings is 1. The molecule has 0 bridgehead atoms. The van der Waals surface area contributed by atoms with Gasteiger partial charge in [0.1, 0.15) is 12.3 Å². The minimum Gasteiger partial charge on any atom is -0.469 e. The van der Waals surface area contributed by atoms with Crippen LogP contribution in [0, 0.1) is 0 Å². The van der Waals surface area contributed by atoms with Gasteiger partial charge in [-0.3, -0.25) is 0 Å². The molecule has 2 N–H and O–H groups in total. The van der Waals surface area contributed by atoms with Crippen LogP contribution in [0.2, 0.25) is 0 Å². The van der Waals surface area contributed by atoms with Crippen LogP contribution in [0.15, 0.2) is 76.0 Å². The Labute approximate surface area is 131 Å². The van der Waals surface area contributed by atoms with Crippen molar-refractivity contribution in [2.45, 2.75) is 25.3 Å². The van der Waals surface area contributed by atoms with Crippen molar-refractivity contribution in [1.29, 1.82) is 0 Å². The van der Waals surface area contributed by atoms with Crippen molar-refractivity contribution in [2.24, 2.45) is 0 Å². The maximum Gasteiger partial charge on any atom is 0.157 e. The minimum atomic E-state index is 0.422. The first-order valence-electron chi connectivity index (χ1n) is 7.83. The summed E-state index contributed by atoms with van der Waals surface area (Å²) in [7, 11) is 0. The van der Waals surface area contributed by atoms with E-state index in [4.69, 9.17) is 8.83 Å². The lowest BCUT2D eigenvalue weighted by Crippen LogP contribution is -2.82. The van der Waals surface area contributed by atoms with Crippen LogP contribution in [0.25, 0.3) is 0 Å². The summed E-state index contributed by atoms with van der Waals surface area (Å²) in [5.74, 6) is 2.53. The first-order valence-corrected chi connectivity index (χ1v) is 7.83. The number of hydrogen-bond acceptors (Lipinski definition) is 2. The maximum absolute atomic E-state index is 5.64. The number of nitrogens with two attached hydrogens (primary N) is 1. The lowest BCUT2D eigenvalue weighted by molar-refractivity contribution is -0.672. The summed E-state index contributed by atoms with van der Waals surface area (Å²) in [6.45, 7) is 1.95. The summed E-state index contributed by atoms with van der Waals surface area (Å²) in [5.41, 5.74) is 1.36. The van der Waals surface area contributed by atoms with E-state index in [2.05, 4.69) is 41.7 Å². The highest BCUT2D eigenvalue weighted by atomic mass is 16.3. The fraction of sp³-hybridized carbons (Fsp3) is 0.263. The van der Waals surface area contributed by atoms with Crippen molar-refractivity contribution < 1.29 is 14.2 Å². The Kier molecular flexibility index (Phi) is 5.11. The molecule has 22 heavy (non-hydrogen) atoms. The van der Waals surface area contributed by atoms with E-state index in [-0.39, 0.29) is 0 Å². The predicted octanol–water partition coefficient (Wildman–Crippen LogP) is 3.35. The maximum atomic E-state index is 5.64. The summed E-state index contributed by atoms with van der Waals surface area (Å²) in [5, 5.41) is 2.29. The third kappa shape index (κ3) is 4.12. The summed E-state index contributed by atoms with van der Waals surface area (Å²) in [6.07, 6.45) is 5.59. The second-order valence-corrected chi connectivity index (χ2v) is 5.55. The Morgan fingerprint density at radius 3 is 2.41 bits per heavy atom. The van der Waals surface area contributed by atoms with E-state index in [1.807, 2.05) is 18.2 Å². The number of rotatable bonds is 8. The average molecular weight is 296 g/mol. The van der Waals surface area contributed by atoms with Crippen molar-refractivity contribution in [3.8, 4) is 0 Å². The molecule has 0 fully saturated rings. The van der Waals surface area contributed by atoms with Crippen LogP contribution in [-0.2, 0) is 13.0 Å². The molecule has 0 radical (unpaired) electrons. The molecule has 0 unspecified atom stereocenters. The molecule has 0 aliphatic carbocycles.